The molecule has 3 aromatic rings. The van der Waals surface area contributed by atoms with Gasteiger partial charge in [-0.15, -0.1) is 10.2 Å². The zero-order chi connectivity index (χ0) is 21.0. The van der Waals surface area contributed by atoms with Crippen molar-refractivity contribution >= 4 is 23.4 Å². The van der Waals surface area contributed by atoms with Gasteiger partial charge in [-0.1, -0.05) is 23.9 Å². The molecule has 0 fully saturated rings. The van der Waals surface area contributed by atoms with E-state index < -0.39 is 11.1 Å². The van der Waals surface area contributed by atoms with Crippen molar-refractivity contribution < 1.29 is 18.7 Å². The zero-order valence-corrected chi connectivity index (χ0v) is 16.9. The third-order valence-electron chi connectivity index (χ3n) is 4.08. The summed E-state index contributed by atoms with van der Waals surface area (Å²) in [4.78, 5) is 12.6. The van der Waals surface area contributed by atoms with E-state index in [1.54, 1.807) is 43.3 Å². The van der Waals surface area contributed by atoms with Gasteiger partial charge in [0.2, 0.25) is 11.1 Å². The molecule has 0 saturated heterocycles. The third kappa shape index (κ3) is 4.43. The number of carbonyl (C=O) groups excluding carboxylic acids is 1. The molecule has 0 aliphatic carbocycles. The molecule has 1 amide bonds. The minimum Gasteiger partial charge on any atom is -0.493 e. The Morgan fingerprint density at radius 1 is 1.17 bits per heavy atom. The molecule has 1 aromatic heterocycles. The second-order valence-electron chi connectivity index (χ2n) is 5.98. The number of amides is 1. The Kier molecular flexibility index (Phi) is 6.23. The summed E-state index contributed by atoms with van der Waals surface area (Å²) in [5.74, 6) is 6.54. The van der Waals surface area contributed by atoms with E-state index in [0.29, 0.717) is 22.3 Å². The van der Waals surface area contributed by atoms with Gasteiger partial charge >= 0.3 is 0 Å². The van der Waals surface area contributed by atoms with Crippen molar-refractivity contribution in [3.63, 3.8) is 0 Å². The lowest BCUT2D eigenvalue weighted by molar-refractivity contribution is -0.115. The molecule has 3 N–H and O–H groups in total. The number of nitrogens with zero attached hydrogens (tertiary/aromatic N) is 3. The van der Waals surface area contributed by atoms with Crippen LogP contribution in [0, 0.1) is 5.82 Å². The number of thioether (sulfide) groups is 1. The van der Waals surface area contributed by atoms with Gasteiger partial charge in [-0.3, -0.25) is 4.79 Å². The number of methoxy groups -OCH3 is 2. The number of hydrogen-bond acceptors (Lipinski definition) is 7. The van der Waals surface area contributed by atoms with E-state index in [2.05, 4.69) is 15.5 Å². The van der Waals surface area contributed by atoms with Crippen LogP contribution in [0.2, 0.25) is 0 Å². The van der Waals surface area contributed by atoms with Gasteiger partial charge in [0.15, 0.2) is 17.3 Å². The van der Waals surface area contributed by atoms with Gasteiger partial charge in [0, 0.05) is 11.8 Å². The van der Waals surface area contributed by atoms with Crippen LogP contribution in [0.1, 0.15) is 6.92 Å². The highest BCUT2D eigenvalue weighted by Crippen LogP contribution is 2.31. The molecular weight excluding hydrogens is 397 g/mol. The van der Waals surface area contributed by atoms with Crippen molar-refractivity contribution in [1.82, 2.24) is 14.9 Å². The Morgan fingerprint density at radius 2 is 1.90 bits per heavy atom. The van der Waals surface area contributed by atoms with Crippen LogP contribution in [0.3, 0.4) is 0 Å². The number of nitrogens with two attached hydrogens (primary N) is 1. The predicted molar refractivity (Wildman–Crippen MR) is 109 cm³/mol. The largest absolute Gasteiger partial charge is 0.493 e. The Bertz CT molecular complexity index is 1030. The maximum atomic E-state index is 14.0. The molecule has 0 saturated carbocycles. The molecule has 0 radical (unpaired) electrons. The molecule has 152 valence electrons. The second-order valence-corrected chi connectivity index (χ2v) is 7.28. The fraction of sp³-hybridized carbons (Fsp3) is 0.211. The number of benzene rings is 2. The van der Waals surface area contributed by atoms with Crippen LogP contribution >= 0.6 is 11.8 Å². The van der Waals surface area contributed by atoms with Crippen molar-refractivity contribution in [1.29, 1.82) is 0 Å². The molecule has 1 heterocycles. The lowest BCUT2D eigenvalue weighted by Gasteiger charge is -2.13. The summed E-state index contributed by atoms with van der Waals surface area (Å²) in [6.07, 6.45) is 0. The molecule has 29 heavy (non-hydrogen) atoms. The molecule has 3 rings (SSSR count). The molecule has 0 bridgehead atoms. The van der Waals surface area contributed by atoms with Crippen LogP contribution in [0.15, 0.2) is 47.6 Å². The van der Waals surface area contributed by atoms with Gasteiger partial charge in [-0.05, 0) is 31.2 Å². The topological polar surface area (TPSA) is 104 Å². The molecule has 0 aliphatic rings. The van der Waals surface area contributed by atoms with E-state index in [4.69, 9.17) is 15.3 Å². The van der Waals surface area contributed by atoms with E-state index >= 15 is 0 Å². The smallest absolute Gasteiger partial charge is 0.237 e. The molecule has 1 atom stereocenters. The van der Waals surface area contributed by atoms with E-state index in [1.165, 1.54) is 25.0 Å². The van der Waals surface area contributed by atoms with Crippen LogP contribution in [0.4, 0.5) is 10.1 Å². The number of anilines is 1. The first-order valence-electron chi connectivity index (χ1n) is 8.59. The maximum Gasteiger partial charge on any atom is 0.237 e. The Labute approximate surface area is 171 Å². The summed E-state index contributed by atoms with van der Waals surface area (Å²) in [5, 5.41) is 10.5. The minimum atomic E-state index is -0.539. The number of nitrogens with one attached hydrogen (secondary N) is 1. The average Bonchev–Trinajstić information content (AvgIpc) is 3.08. The third-order valence-corrected chi connectivity index (χ3v) is 5.14. The van der Waals surface area contributed by atoms with Crippen LogP contribution in [-0.4, -0.2) is 40.3 Å². The van der Waals surface area contributed by atoms with Crippen LogP contribution in [0.5, 0.6) is 11.5 Å². The first-order valence-corrected chi connectivity index (χ1v) is 9.47. The van der Waals surface area contributed by atoms with Crippen molar-refractivity contribution in [3.8, 4) is 22.9 Å². The molecule has 8 nitrogen and oxygen atoms in total. The lowest BCUT2D eigenvalue weighted by Crippen LogP contribution is -2.23. The second kappa shape index (κ2) is 8.82. The van der Waals surface area contributed by atoms with Crippen LogP contribution in [0.25, 0.3) is 11.4 Å². The van der Waals surface area contributed by atoms with Gasteiger partial charge in [0.1, 0.15) is 5.82 Å². The summed E-state index contributed by atoms with van der Waals surface area (Å²) < 4.78 is 25.6. The summed E-state index contributed by atoms with van der Waals surface area (Å²) in [6, 6.07) is 11.2. The number of halogens is 1. The van der Waals surface area contributed by atoms with E-state index in [9.17, 15) is 9.18 Å². The first kappa shape index (κ1) is 20.5. The zero-order valence-electron chi connectivity index (χ0n) is 16.0. The number of aromatic nitrogens is 3. The Balaban J connectivity index is 1.71. The molecule has 0 unspecified atom stereocenters. The van der Waals surface area contributed by atoms with Crippen molar-refractivity contribution in [3.05, 3.63) is 48.3 Å². The minimum absolute atomic E-state index is 0.179. The predicted octanol–water partition coefficient (Wildman–Crippen LogP) is 2.93. The van der Waals surface area contributed by atoms with E-state index in [-0.39, 0.29) is 17.3 Å². The van der Waals surface area contributed by atoms with Gasteiger partial charge in [-0.2, -0.15) is 0 Å². The summed E-state index contributed by atoms with van der Waals surface area (Å²) in [6.45, 7) is 1.71. The van der Waals surface area contributed by atoms with E-state index in [0.717, 1.165) is 11.8 Å². The summed E-state index contributed by atoms with van der Waals surface area (Å²) >= 11 is 1.11. The monoisotopic (exact) mass is 417 g/mol. The number of nitrogen functional groups attached to an aromatic ring is 1. The fourth-order valence-corrected chi connectivity index (χ4v) is 3.32. The van der Waals surface area contributed by atoms with Crippen molar-refractivity contribution in [2.24, 2.45) is 0 Å². The highest BCUT2D eigenvalue weighted by molar-refractivity contribution is 8.00. The number of ether oxygens (including phenoxy) is 2. The van der Waals surface area contributed by atoms with Crippen LogP contribution < -0.4 is 20.6 Å². The summed E-state index contributed by atoms with van der Waals surface area (Å²) in [7, 11) is 3.05. The van der Waals surface area contributed by atoms with Crippen LogP contribution in [-0.2, 0) is 4.79 Å². The lowest BCUT2D eigenvalue weighted by atomic mass is 10.2. The van der Waals surface area contributed by atoms with Gasteiger partial charge in [-0.25, -0.2) is 9.07 Å². The number of rotatable bonds is 7. The standard InChI is InChI=1S/C19H20FN5O3S/c1-11(18(26)22-12-8-9-15(27-2)16(10-12)28-3)29-19-24-23-17(25(19)21)13-6-4-5-7-14(13)20/h4-11H,21H2,1-3H3,(H,22,26)/t11-/m0/s1. The fourth-order valence-electron chi connectivity index (χ4n) is 2.55. The highest BCUT2D eigenvalue weighted by atomic mass is 32.2. The Hall–Kier alpha value is -3.27. The summed E-state index contributed by atoms with van der Waals surface area (Å²) in [5.41, 5.74) is 0.790. The van der Waals surface area contributed by atoms with Gasteiger partial charge in [0.05, 0.1) is 25.0 Å². The van der Waals surface area contributed by atoms with Crippen molar-refractivity contribution in [2.75, 3.05) is 25.4 Å². The molecule has 2 aromatic carbocycles. The molecule has 0 spiro atoms. The molecular formula is C19H20FN5O3S. The average molecular weight is 417 g/mol. The molecule has 10 heteroatoms. The Morgan fingerprint density at radius 3 is 2.59 bits per heavy atom. The maximum absolute atomic E-state index is 14.0. The van der Waals surface area contributed by atoms with Gasteiger partial charge in [0.25, 0.3) is 0 Å². The first-order chi connectivity index (χ1) is 13.9. The highest BCUT2D eigenvalue weighted by Gasteiger charge is 2.21. The van der Waals surface area contributed by atoms with Gasteiger partial charge < -0.3 is 20.6 Å². The number of hydrogen-bond donors (Lipinski definition) is 2. The quantitative estimate of drug-likeness (QED) is 0.450. The normalized spacial score (nSPS) is 11.7. The van der Waals surface area contributed by atoms with Crippen molar-refractivity contribution in [2.45, 2.75) is 17.3 Å². The van der Waals surface area contributed by atoms with E-state index in [1.807, 2.05) is 0 Å². The number of carbonyl (C=O) groups is 1. The molecule has 0 aliphatic heterocycles. The SMILES string of the molecule is COc1ccc(NC(=O)[C@H](C)Sc2nnc(-c3ccccc3F)n2N)cc1OC.